The molecule has 2 amide bonds. The van der Waals surface area contributed by atoms with Gasteiger partial charge < -0.3 is 19.7 Å². The number of hydrogen-bond donors (Lipinski definition) is 1. The number of carbonyl (C=O) groups is 4. The van der Waals surface area contributed by atoms with Crippen LogP contribution in [0.15, 0.2) is 48.5 Å². The van der Waals surface area contributed by atoms with Crippen molar-refractivity contribution in [1.82, 2.24) is 0 Å². The minimum atomic E-state index is -0.684. The van der Waals surface area contributed by atoms with E-state index in [1.54, 1.807) is 48.5 Å². The van der Waals surface area contributed by atoms with E-state index in [-0.39, 0.29) is 18.9 Å². The summed E-state index contributed by atoms with van der Waals surface area (Å²) in [5.74, 6) is -2.54. The predicted octanol–water partition coefficient (Wildman–Crippen LogP) is 2.66. The molecule has 0 aliphatic carbocycles. The second kappa shape index (κ2) is 9.41. The van der Waals surface area contributed by atoms with Gasteiger partial charge in [-0.1, -0.05) is 17.7 Å². The molecule has 9 heteroatoms. The lowest BCUT2D eigenvalue weighted by atomic mass is 10.1. The first-order chi connectivity index (χ1) is 14.4. The summed E-state index contributed by atoms with van der Waals surface area (Å²) >= 11 is 5.86. The van der Waals surface area contributed by atoms with Gasteiger partial charge in [0.25, 0.3) is 5.91 Å². The lowest BCUT2D eigenvalue weighted by molar-refractivity contribution is -0.151. The van der Waals surface area contributed by atoms with Gasteiger partial charge in [0.2, 0.25) is 5.91 Å². The van der Waals surface area contributed by atoms with Crippen LogP contribution in [0.5, 0.6) is 0 Å². The number of halogens is 1. The number of anilines is 2. The molecular weight excluding hydrogens is 412 g/mol. The summed E-state index contributed by atoms with van der Waals surface area (Å²) in [7, 11) is 1.28. The second-order valence-electron chi connectivity index (χ2n) is 6.61. The third-order valence-electron chi connectivity index (χ3n) is 4.51. The summed E-state index contributed by atoms with van der Waals surface area (Å²) in [5.41, 5.74) is 1.40. The lowest BCUT2D eigenvalue weighted by Gasteiger charge is -2.16. The van der Waals surface area contributed by atoms with E-state index in [0.717, 1.165) is 0 Å². The summed E-state index contributed by atoms with van der Waals surface area (Å²) in [6.45, 7) is -0.338. The first-order valence-electron chi connectivity index (χ1n) is 9.08. The number of nitrogens with one attached hydrogen (secondary N) is 1. The number of nitrogens with zero attached hydrogens (tertiary/aromatic N) is 1. The van der Waals surface area contributed by atoms with Gasteiger partial charge >= 0.3 is 11.9 Å². The summed E-state index contributed by atoms with van der Waals surface area (Å²) in [6, 6.07) is 12.9. The molecule has 3 rings (SSSR count). The number of esters is 2. The maximum Gasteiger partial charge on any atom is 0.337 e. The second-order valence-corrected chi connectivity index (χ2v) is 7.05. The minimum absolute atomic E-state index is 0.0203. The Kier molecular flexibility index (Phi) is 6.68. The van der Waals surface area contributed by atoms with Crippen molar-refractivity contribution in [2.75, 3.05) is 30.5 Å². The maximum atomic E-state index is 12.3. The Labute approximate surface area is 177 Å². The largest absolute Gasteiger partial charge is 0.465 e. The minimum Gasteiger partial charge on any atom is -0.465 e. The Morgan fingerprint density at radius 1 is 1.17 bits per heavy atom. The molecule has 0 unspecified atom stereocenters. The van der Waals surface area contributed by atoms with Gasteiger partial charge in [0.1, 0.15) is 0 Å². The first-order valence-corrected chi connectivity index (χ1v) is 9.46. The van der Waals surface area contributed by atoms with Crippen molar-refractivity contribution >= 4 is 46.7 Å². The van der Waals surface area contributed by atoms with Crippen LogP contribution in [0.3, 0.4) is 0 Å². The zero-order chi connectivity index (χ0) is 21.7. The quantitative estimate of drug-likeness (QED) is 0.707. The van der Waals surface area contributed by atoms with Gasteiger partial charge in [0.05, 0.1) is 18.6 Å². The first kappa shape index (κ1) is 21.3. The normalized spacial score (nSPS) is 15.6. The molecule has 30 heavy (non-hydrogen) atoms. The van der Waals surface area contributed by atoms with E-state index in [4.69, 9.17) is 16.3 Å². The topological polar surface area (TPSA) is 102 Å². The predicted molar refractivity (Wildman–Crippen MR) is 109 cm³/mol. The molecule has 0 aromatic heterocycles. The molecule has 156 valence electrons. The van der Waals surface area contributed by atoms with Crippen LogP contribution in [0.4, 0.5) is 11.4 Å². The van der Waals surface area contributed by atoms with E-state index in [9.17, 15) is 19.2 Å². The maximum absolute atomic E-state index is 12.3. The molecule has 1 fully saturated rings. The summed E-state index contributed by atoms with van der Waals surface area (Å²) in [4.78, 5) is 49.5. The van der Waals surface area contributed by atoms with E-state index in [1.165, 1.54) is 12.0 Å². The Bertz CT molecular complexity index is 976. The monoisotopic (exact) mass is 430 g/mol. The third kappa shape index (κ3) is 5.15. The molecule has 1 aliphatic heterocycles. The van der Waals surface area contributed by atoms with Crippen LogP contribution in [-0.4, -0.2) is 44.0 Å². The van der Waals surface area contributed by atoms with Crippen LogP contribution in [0.25, 0.3) is 0 Å². The fourth-order valence-corrected chi connectivity index (χ4v) is 3.22. The summed E-state index contributed by atoms with van der Waals surface area (Å²) in [6.07, 6.45) is -0.0203. The highest BCUT2D eigenvalue weighted by Crippen LogP contribution is 2.26. The summed E-state index contributed by atoms with van der Waals surface area (Å²) < 4.78 is 9.70. The molecule has 1 aliphatic rings. The molecule has 1 atom stereocenters. The summed E-state index contributed by atoms with van der Waals surface area (Å²) in [5, 5.41) is 3.04. The molecule has 1 heterocycles. The molecule has 8 nitrogen and oxygen atoms in total. The highest BCUT2D eigenvalue weighted by atomic mass is 35.5. The number of ether oxygens (including phenoxy) is 2. The fraction of sp³-hybridized carbons (Fsp3) is 0.238. The molecule has 0 spiro atoms. The zero-order valence-corrected chi connectivity index (χ0v) is 16.8. The van der Waals surface area contributed by atoms with Crippen LogP contribution in [0.1, 0.15) is 16.8 Å². The van der Waals surface area contributed by atoms with Gasteiger partial charge in [0, 0.05) is 29.4 Å². The van der Waals surface area contributed by atoms with Crippen molar-refractivity contribution in [3.63, 3.8) is 0 Å². The number of hydrogen-bond acceptors (Lipinski definition) is 6. The van der Waals surface area contributed by atoms with E-state index >= 15 is 0 Å². The van der Waals surface area contributed by atoms with Crippen LogP contribution in [-0.2, 0) is 23.9 Å². The van der Waals surface area contributed by atoms with Crippen molar-refractivity contribution < 1.29 is 28.7 Å². The van der Waals surface area contributed by atoms with Gasteiger partial charge in [-0.15, -0.1) is 0 Å². The highest BCUT2D eigenvalue weighted by Gasteiger charge is 2.36. The smallest absolute Gasteiger partial charge is 0.337 e. The SMILES string of the molecule is COC(=O)c1ccc(N2C[C@H](C(=O)OCC(=O)Nc3cccc(Cl)c3)CC2=O)cc1. The number of benzene rings is 2. The van der Waals surface area contributed by atoms with Gasteiger partial charge in [0.15, 0.2) is 6.61 Å². The van der Waals surface area contributed by atoms with E-state index in [2.05, 4.69) is 10.1 Å². The average Bonchev–Trinajstić information content (AvgIpc) is 3.13. The van der Waals surface area contributed by atoms with Gasteiger partial charge in [-0.25, -0.2) is 4.79 Å². The van der Waals surface area contributed by atoms with Crippen LogP contribution in [0.2, 0.25) is 5.02 Å². The van der Waals surface area contributed by atoms with Gasteiger partial charge in [-0.2, -0.15) is 0 Å². The molecule has 0 saturated carbocycles. The van der Waals surface area contributed by atoms with Crippen molar-refractivity contribution in [3.05, 3.63) is 59.1 Å². The van der Waals surface area contributed by atoms with Crippen LogP contribution >= 0.6 is 11.6 Å². The Hall–Kier alpha value is -3.39. The van der Waals surface area contributed by atoms with Crippen molar-refractivity contribution in [2.45, 2.75) is 6.42 Å². The molecule has 1 saturated heterocycles. The molecule has 0 radical (unpaired) electrons. The van der Waals surface area contributed by atoms with E-state index < -0.39 is 30.4 Å². The van der Waals surface area contributed by atoms with Crippen LogP contribution in [0, 0.1) is 5.92 Å². The van der Waals surface area contributed by atoms with Crippen molar-refractivity contribution in [3.8, 4) is 0 Å². The van der Waals surface area contributed by atoms with Gasteiger partial charge in [-0.05, 0) is 42.5 Å². The van der Waals surface area contributed by atoms with Crippen molar-refractivity contribution in [2.24, 2.45) is 5.92 Å². The standard InChI is InChI=1S/C21H19ClN2O6/c1-29-20(27)13-5-7-17(8-6-13)24-11-14(9-19(24)26)21(28)30-12-18(25)23-16-4-2-3-15(22)10-16/h2-8,10,14H,9,11-12H2,1H3,(H,23,25)/t14-/m1/s1. The zero-order valence-electron chi connectivity index (χ0n) is 16.1. The number of carbonyl (C=O) groups excluding carboxylic acids is 4. The molecule has 2 aromatic carbocycles. The average molecular weight is 431 g/mol. The van der Waals surface area contributed by atoms with Gasteiger partial charge in [-0.3, -0.25) is 14.4 Å². The third-order valence-corrected chi connectivity index (χ3v) is 4.75. The van der Waals surface area contributed by atoms with E-state index in [0.29, 0.717) is 22.0 Å². The molecule has 1 N–H and O–H groups in total. The highest BCUT2D eigenvalue weighted by molar-refractivity contribution is 6.30. The Balaban J connectivity index is 1.53. The molecule has 2 aromatic rings. The molecule has 0 bridgehead atoms. The number of methoxy groups -OCH3 is 1. The number of rotatable bonds is 6. The lowest BCUT2D eigenvalue weighted by Crippen LogP contribution is -2.28. The van der Waals surface area contributed by atoms with E-state index in [1.807, 2.05) is 0 Å². The Morgan fingerprint density at radius 3 is 2.57 bits per heavy atom. The molecular formula is C21H19ClN2O6. The Morgan fingerprint density at radius 2 is 1.90 bits per heavy atom. The number of amides is 2. The van der Waals surface area contributed by atoms with Crippen molar-refractivity contribution in [1.29, 1.82) is 0 Å². The van der Waals surface area contributed by atoms with Crippen LogP contribution < -0.4 is 10.2 Å². The fourth-order valence-electron chi connectivity index (χ4n) is 3.03.